The van der Waals surface area contributed by atoms with Crippen LogP contribution in [0, 0.1) is 0 Å². The SMILES string of the molecule is COc1cc(OC)c2c(-c3ccccc3)c(CO)[nH]c2c1. The maximum absolute atomic E-state index is 9.67. The lowest BCUT2D eigenvalue weighted by Crippen LogP contribution is -1.89. The number of ether oxygens (including phenoxy) is 2. The van der Waals surface area contributed by atoms with Gasteiger partial charge in [-0.2, -0.15) is 0 Å². The summed E-state index contributed by atoms with van der Waals surface area (Å²) in [5, 5.41) is 10.6. The maximum atomic E-state index is 9.67. The van der Waals surface area contributed by atoms with Crippen molar-refractivity contribution in [1.29, 1.82) is 0 Å². The fraction of sp³-hybridized carbons (Fsp3) is 0.176. The van der Waals surface area contributed by atoms with E-state index in [1.807, 2.05) is 42.5 Å². The smallest absolute Gasteiger partial charge is 0.132 e. The third kappa shape index (κ3) is 2.23. The van der Waals surface area contributed by atoms with Crippen molar-refractivity contribution in [3.8, 4) is 22.6 Å². The number of aromatic amines is 1. The Morgan fingerprint density at radius 2 is 1.81 bits per heavy atom. The van der Waals surface area contributed by atoms with Gasteiger partial charge in [0.15, 0.2) is 0 Å². The van der Waals surface area contributed by atoms with Crippen molar-refractivity contribution in [2.24, 2.45) is 0 Å². The summed E-state index contributed by atoms with van der Waals surface area (Å²) in [6, 6.07) is 13.7. The Morgan fingerprint density at radius 1 is 1.05 bits per heavy atom. The van der Waals surface area contributed by atoms with Crippen molar-refractivity contribution in [2.45, 2.75) is 6.61 Å². The van der Waals surface area contributed by atoms with Gasteiger partial charge in [0.2, 0.25) is 0 Å². The highest BCUT2D eigenvalue weighted by molar-refractivity contribution is 6.02. The van der Waals surface area contributed by atoms with Crippen LogP contribution in [0.25, 0.3) is 22.0 Å². The van der Waals surface area contributed by atoms with Crippen LogP contribution in [-0.4, -0.2) is 24.3 Å². The first-order valence-electron chi connectivity index (χ1n) is 6.71. The Kier molecular flexibility index (Phi) is 3.54. The minimum absolute atomic E-state index is 0.0651. The number of aliphatic hydroxyl groups is 1. The summed E-state index contributed by atoms with van der Waals surface area (Å²) in [7, 11) is 3.25. The van der Waals surface area contributed by atoms with Crippen LogP contribution in [0.2, 0.25) is 0 Å². The largest absolute Gasteiger partial charge is 0.497 e. The van der Waals surface area contributed by atoms with E-state index in [0.29, 0.717) is 5.75 Å². The van der Waals surface area contributed by atoms with E-state index in [4.69, 9.17) is 9.47 Å². The summed E-state index contributed by atoms with van der Waals surface area (Å²) in [4.78, 5) is 3.25. The number of fused-ring (bicyclic) bond motifs is 1. The number of rotatable bonds is 4. The molecule has 2 N–H and O–H groups in total. The van der Waals surface area contributed by atoms with Gasteiger partial charge in [0, 0.05) is 28.8 Å². The number of hydrogen-bond donors (Lipinski definition) is 2. The highest BCUT2D eigenvalue weighted by Gasteiger charge is 2.17. The van der Waals surface area contributed by atoms with Crippen molar-refractivity contribution in [2.75, 3.05) is 14.2 Å². The van der Waals surface area contributed by atoms with Crippen LogP contribution >= 0.6 is 0 Å². The van der Waals surface area contributed by atoms with Crippen molar-refractivity contribution in [3.63, 3.8) is 0 Å². The van der Waals surface area contributed by atoms with Gasteiger partial charge >= 0.3 is 0 Å². The van der Waals surface area contributed by atoms with Crippen LogP contribution in [0.1, 0.15) is 5.69 Å². The molecule has 0 spiro atoms. The second-order valence-electron chi connectivity index (χ2n) is 4.75. The number of benzene rings is 2. The Hall–Kier alpha value is -2.46. The number of nitrogens with one attached hydrogen (secondary N) is 1. The minimum Gasteiger partial charge on any atom is -0.497 e. The monoisotopic (exact) mass is 283 g/mol. The molecule has 0 atom stereocenters. The molecule has 1 aromatic heterocycles. The second kappa shape index (κ2) is 5.50. The molecule has 2 aromatic carbocycles. The van der Waals surface area contributed by atoms with E-state index in [2.05, 4.69) is 4.98 Å². The van der Waals surface area contributed by atoms with Gasteiger partial charge < -0.3 is 19.6 Å². The zero-order chi connectivity index (χ0) is 14.8. The molecule has 4 nitrogen and oxygen atoms in total. The van der Waals surface area contributed by atoms with Gasteiger partial charge in [-0.1, -0.05) is 30.3 Å². The molecule has 21 heavy (non-hydrogen) atoms. The topological polar surface area (TPSA) is 54.5 Å². The van der Waals surface area contributed by atoms with Gasteiger partial charge in [-0.25, -0.2) is 0 Å². The number of aliphatic hydroxyl groups excluding tert-OH is 1. The van der Waals surface area contributed by atoms with E-state index < -0.39 is 0 Å². The average Bonchev–Trinajstić information content (AvgIpc) is 2.93. The highest BCUT2D eigenvalue weighted by atomic mass is 16.5. The normalized spacial score (nSPS) is 10.8. The van der Waals surface area contributed by atoms with Crippen LogP contribution < -0.4 is 9.47 Å². The summed E-state index contributed by atoms with van der Waals surface area (Å²) in [6.45, 7) is -0.0651. The van der Waals surface area contributed by atoms with Gasteiger partial charge in [-0.15, -0.1) is 0 Å². The van der Waals surface area contributed by atoms with Crippen LogP contribution in [0.4, 0.5) is 0 Å². The Labute approximate surface area is 122 Å². The molecule has 0 aliphatic heterocycles. The lowest BCUT2D eigenvalue weighted by atomic mass is 10.0. The lowest BCUT2D eigenvalue weighted by molar-refractivity contribution is 0.278. The van der Waals surface area contributed by atoms with Crippen LogP contribution in [0.5, 0.6) is 11.5 Å². The number of H-pyrrole nitrogens is 1. The summed E-state index contributed by atoms with van der Waals surface area (Å²) in [5.41, 5.74) is 3.65. The fourth-order valence-corrected chi connectivity index (χ4v) is 2.64. The molecule has 108 valence electrons. The van der Waals surface area contributed by atoms with Gasteiger partial charge in [0.25, 0.3) is 0 Å². The minimum atomic E-state index is -0.0651. The molecule has 1 heterocycles. The zero-order valence-electron chi connectivity index (χ0n) is 12.0. The molecule has 0 unspecified atom stereocenters. The van der Waals surface area contributed by atoms with Gasteiger partial charge in [-0.3, -0.25) is 0 Å². The first-order chi connectivity index (χ1) is 10.3. The molecule has 4 heteroatoms. The predicted molar refractivity (Wildman–Crippen MR) is 82.8 cm³/mol. The third-order valence-electron chi connectivity index (χ3n) is 3.59. The van der Waals surface area contributed by atoms with Gasteiger partial charge in [0.1, 0.15) is 11.5 Å². The molecular formula is C17H17NO3. The molecule has 0 amide bonds. The van der Waals surface area contributed by atoms with Crippen molar-refractivity contribution < 1.29 is 14.6 Å². The fourth-order valence-electron chi connectivity index (χ4n) is 2.64. The third-order valence-corrected chi connectivity index (χ3v) is 3.59. The second-order valence-corrected chi connectivity index (χ2v) is 4.75. The standard InChI is InChI=1S/C17H17NO3/c1-20-12-8-13-17(15(9-12)21-2)16(14(10-19)18-13)11-6-4-3-5-7-11/h3-9,18-19H,10H2,1-2H3. The Balaban J connectivity index is 2.37. The molecule has 3 rings (SSSR count). The van der Waals surface area contributed by atoms with Crippen molar-refractivity contribution in [3.05, 3.63) is 48.2 Å². The summed E-state index contributed by atoms with van der Waals surface area (Å²) in [6.07, 6.45) is 0. The van der Waals surface area contributed by atoms with Crippen LogP contribution in [-0.2, 0) is 6.61 Å². The highest BCUT2D eigenvalue weighted by Crippen LogP contribution is 2.40. The molecule has 0 fully saturated rings. The molecular weight excluding hydrogens is 266 g/mol. The van der Waals surface area contributed by atoms with Gasteiger partial charge in [-0.05, 0) is 5.56 Å². The molecule has 0 bridgehead atoms. The summed E-state index contributed by atoms with van der Waals surface area (Å²) in [5.74, 6) is 1.43. The number of aromatic nitrogens is 1. The summed E-state index contributed by atoms with van der Waals surface area (Å²) < 4.78 is 10.8. The maximum Gasteiger partial charge on any atom is 0.132 e. The molecule has 0 saturated carbocycles. The lowest BCUT2D eigenvalue weighted by Gasteiger charge is -2.08. The van der Waals surface area contributed by atoms with Crippen molar-refractivity contribution >= 4 is 10.9 Å². The Bertz CT molecular complexity index is 763. The molecule has 0 aliphatic rings. The number of methoxy groups -OCH3 is 2. The Morgan fingerprint density at radius 3 is 2.43 bits per heavy atom. The number of hydrogen-bond acceptors (Lipinski definition) is 3. The first kappa shape index (κ1) is 13.5. The molecule has 3 aromatic rings. The quantitative estimate of drug-likeness (QED) is 0.772. The molecule has 0 saturated heterocycles. The predicted octanol–water partition coefficient (Wildman–Crippen LogP) is 3.34. The zero-order valence-corrected chi connectivity index (χ0v) is 12.0. The van der Waals surface area contributed by atoms with E-state index in [-0.39, 0.29) is 6.61 Å². The van der Waals surface area contributed by atoms with E-state index in [0.717, 1.165) is 33.5 Å². The van der Waals surface area contributed by atoms with Crippen LogP contribution in [0.15, 0.2) is 42.5 Å². The van der Waals surface area contributed by atoms with Crippen LogP contribution in [0.3, 0.4) is 0 Å². The molecule has 0 aliphatic carbocycles. The van der Waals surface area contributed by atoms with Crippen molar-refractivity contribution in [1.82, 2.24) is 4.98 Å². The van der Waals surface area contributed by atoms with E-state index in [1.165, 1.54) is 0 Å². The summed E-state index contributed by atoms with van der Waals surface area (Å²) >= 11 is 0. The van der Waals surface area contributed by atoms with E-state index in [9.17, 15) is 5.11 Å². The van der Waals surface area contributed by atoms with Gasteiger partial charge in [0.05, 0.1) is 26.3 Å². The van der Waals surface area contributed by atoms with E-state index >= 15 is 0 Å². The average molecular weight is 283 g/mol. The van der Waals surface area contributed by atoms with E-state index in [1.54, 1.807) is 14.2 Å². The first-order valence-corrected chi connectivity index (χ1v) is 6.71. The molecule has 0 radical (unpaired) electrons.